The molecule has 1 saturated heterocycles. The van der Waals surface area contributed by atoms with Crippen LogP contribution >= 0.6 is 11.8 Å². The van der Waals surface area contributed by atoms with Crippen molar-refractivity contribution < 1.29 is 4.79 Å². The minimum atomic E-state index is -0.0844. The molecule has 1 aromatic carbocycles. The minimum absolute atomic E-state index is 0.0844. The largest absolute Gasteiger partial charge is 0.356 e. The van der Waals surface area contributed by atoms with Crippen LogP contribution in [0.25, 0.3) is 0 Å². The molecule has 0 spiro atoms. The molecule has 0 bridgehead atoms. The highest BCUT2D eigenvalue weighted by atomic mass is 32.2. The molecule has 2 atom stereocenters. The lowest BCUT2D eigenvalue weighted by Crippen LogP contribution is -2.35. The molecular formula is C20H32N2OS. The van der Waals surface area contributed by atoms with Crippen LogP contribution in [-0.4, -0.2) is 48.5 Å². The SMILES string of the molecule is CC(C)c1cccc(C(C)C(=O)NCCCC2CN(C)CCS2)c1. The number of thioether (sulfide) groups is 1. The van der Waals surface area contributed by atoms with Gasteiger partial charge >= 0.3 is 0 Å². The second-order valence-electron chi connectivity index (χ2n) is 7.23. The molecule has 3 nitrogen and oxygen atoms in total. The van der Waals surface area contributed by atoms with Gasteiger partial charge in [-0.1, -0.05) is 38.1 Å². The summed E-state index contributed by atoms with van der Waals surface area (Å²) in [5, 5.41) is 3.84. The molecule has 1 amide bonds. The van der Waals surface area contributed by atoms with Crippen molar-refractivity contribution in [1.82, 2.24) is 10.2 Å². The van der Waals surface area contributed by atoms with Gasteiger partial charge < -0.3 is 10.2 Å². The Balaban J connectivity index is 1.74. The zero-order chi connectivity index (χ0) is 17.5. The van der Waals surface area contributed by atoms with Gasteiger partial charge in [-0.3, -0.25) is 4.79 Å². The first-order valence-corrected chi connectivity index (χ1v) is 10.2. The first kappa shape index (κ1) is 19.3. The van der Waals surface area contributed by atoms with Gasteiger partial charge in [0.15, 0.2) is 0 Å². The van der Waals surface area contributed by atoms with Gasteiger partial charge in [0.2, 0.25) is 5.91 Å². The van der Waals surface area contributed by atoms with E-state index in [9.17, 15) is 4.79 Å². The summed E-state index contributed by atoms with van der Waals surface area (Å²) in [6.45, 7) is 9.53. The molecule has 2 unspecified atom stereocenters. The number of amides is 1. The zero-order valence-electron chi connectivity index (χ0n) is 15.5. The van der Waals surface area contributed by atoms with Gasteiger partial charge in [-0.15, -0.1) is 0 Å². The van der Waals surface area contributed by atoms with Gasteiger partial charge in [-0.2, -0.15) is 11.8 Å². The number of hydrogen-bond acceptors (Lipinski definition) is 3. The smallest absolute Gasteiger partial charge is 0.227 e. The minimum Gasteiger partial charge on any atom is -0.356 e. The standard InChI is InChI=1S/C20H32N2OS/c1-15(2)17-7-5-8-18(13-17)16(3)20(23)21-10-6-9-19-14-22(4)11-12-24-19/h5,7-8,13,15-16,19H,6,9-12,14H2,1-4H3,(H,21,23). The summed E-state index contributed by atoms with van der Waals surface area (Å²) >= 11 is 2.08. The lowest BCUT2D eigenvalue weighted by Gasteiger charge is -2.29. The molecule has 0 aromatic heterocycles. The Bertz CT molecular complexity index is 532. The Kier molecular flexibility index (Phi) is 7.63. The van der Waals surface area contributed by atoms with Crippen molar-refractivity contribution in [3.63, 3.8) is 0 Å². The Morgan fingerprint density at radius 3 is 2.79 bits per heavy atom. The number of rotatable bonds is 7. The van der Waals surface area contributed by atoms with Crippen molar-refractivity contribution in [2.45, 2.75) is 50.7 Å². The Morgan fingerprint density at radius 1 is 1.33 bits per heavy atom. The topological polar surface area (TPSA) is 32.3 Å². The number of hydrogen-bond donors (Lipinski definition) is 1. The molecule has 1 fully saturated rings. The van der Waals surface area contributed by atoms with Gasteiger partial charge in [0.05, 0.1) is 5.92 Å². The van der Waals surface area contributed by atoms with Gasteiger partial charge in [-0.25, -0.2) is 0 Å². The van der Waals surface area contributed by atoms with Crippen molar-refractivity contribution in [2.75, 3.05) is 32.4 Å². The van der Waals surface area contributed by atoms with Crippen LogP contribution in [0.3, 0.4) is 0 Å². The molecule has 134 valence electrons. The van der Waals surface area contributed by atoms with Gasteiger partial charge in [0, 0.05) is 30.6 Å². The average molecular weight is 349 g/mol. The van der Waals surface area contributed by atoms with Crippen LogP contribution in [-0.2, 0) is 4.79 Å². The molecule has 1 N–H and O–H groups in total. The molecule has 2 rings (SSSR count). The summed E-state index contributed by atoms with van der Waals surface area (Å²) in [4.78, 5) is 14.8. The van der Waals surface area contributed by atoms with Crippen LogP contribution in [0.1, 0.15) is 56.6 Å². The predicted molar refractivity (Wildman–Crippen MR) is 105 cm³/mol. The summed E-state index contributed by atoms with van der Waals surface area (Å²) in [5.41, 5.74) is 2.41. The molecular weight excluding hydrogens is 316 g/mol. The van der Waals surface area contributed by atoms with Crippen LogP contribution in [0, 0.1) is 0 Å². The summed E-state index contributed by atoms with van der Waals surface area (Å²) in [5.74, 6) is 1.78. The molecule has 0 radical (unpaired) electrons. The third kappa shape index (κ3) is 5.82. The van der Waals surface area contributed by atoms with Crippen LogP contribution in [0.2, 0.25) is 0 Å². The summed E-state index contributed by atoms with van der Waals surface area (Å²) in [6.07, 6.45) is 2.25. The van der Waals surface area contributed by atoms with E-state index >= 15 is 0 Å². The third-order valence-corrected chi connectivity index (χ3v) is 6.09. The summed E-state index contributed by atoms with van der Waals surface area (Å²) in [7, 11) is 2.20. The van der Waals surface area contributed by atoms with E-state index in [0.717, 1.165) is 23.8 Å². The van der Waals surface area contributed by atoms with Crippen molar-refractivity contribution in [1.29, 1.82) is 0 Å². The monoisotopic (exact) mass is 348 g/mol. The third-order valence-electron chi connectivity index (χ3n) is 4.81. The summed E-state index contributed by atoms with van der Waals surface area (Å²) < 4.78 is 0. The van der Waals surface area contributed by atoms with Crippen molar-refractivity contribution >= 4 is 17.7 Å². The highest BCUT2D eigenvalue weighted by Gasteiger charge is 2.18. The van der Waals surface area contributed by atoms with Crippen LogP contribution in [0.15, 0.2) is 24.3 Å². The average Bonchev–Trinajstić information content (AvgIpc) is 2.58. The maximum Gasteiger partial charge on any atom is 0.227 e. The van der Waals surface area contributed by atoms with Crippen molar-refractivity contribution in [3.05, 3.63) is 35.4 Å². The predicted octanol–water partition coefficient (Wildman–Crippen LogP) is 3.86. The first-order chi connectivity index (χ1) is 11.5. The fourth-order valence-corrected chi connectivity index (χ4v) is 4.52. The number of carbonyl (C=O) groups excluding carboxylic acids is 1. The quantitative estimate of drug-likeness (QED) is 0.760. The molecule has 1 aromatic rings. The van der Waals surface area contributed by atoms with E-state index in [2.05, 4.69) is 67.1 Å². The van der Waals surface area contributed by atoms with Gasteiger partial charge in [0.25, 0.3) is 0 Å². The van der Waals surface area contributed by atoms with Crippen LogP contribution in [0.4, 0.5) is 0 Å². The Hall–Kier alpha value is -1.00. The molecule has 1 aliphatic heterocycles. The van der Waals surface area contributed by atoms with Gasteiger partial charge in [0.1, 0.15) is 0 Å². The molecule has 0 aliphatic carbocycles. The lowest BCUT2D eigenvalue weighted by molar-refractivity contribution is -0.122. The number of nitrogens with one attached hydrogen (secondary N) is 1. The zero-order valence-corrected chi connectivity index (χ0v) is 16.4. The van der Waals surface area contributed by atoms with E-state index in [-0.39, 0.29) is 11.8 Å². The van der Waals surface area contributed by atoms with Crippen LogP contribution in [0.5, 0.6) is 0 Å². The highest BCUT2D eigenvalue weighted by Crippen LogP contribution is 2.22. The fourth-order valence-electron chi connectivity index (χ4n) is 3.07. The molecule has 24 heavy (non-hydrogen) atoms. The maximum atomic E-state index is 12.4. The lowest BCUT2D eigenvalue weighted by atomic mass is 9.94. The van der Waals surface area contributed by atoms with Gasteiger partial charge in [-0.05, 0) is 43.9 Å². The first-order valence-electron chi connectivity index (χ1n) is 9.15. The normalized spacial score (nSPS) is 20.1. The van der Waals surface area contributed by atoms with E-state index < -0.39 is 0 Å². The molecule has 1 aliphatic rings. The highest BCUT2D eigenvalue weighted by molar-refractivity contribution is 8.00. The number of benzene rings is 1. The fraction of sp³-hybridized carbons (Fsp3) is 0.650. The van der Waals surface area contributed by atoms with E-state index in [1.807, 2.05) is 6.92 Å². The Labute approximate surface area is 151 Å². The van der Waals surface area contributed by atoms with E-state index in [0.29, 0.717) is 5.92 Å². The molecule has 0 saturated carbocycles. The van der Waals surface area contributed by atoms with Crippen molar-refractivity contribution in [2.24, 2.45) is 0 Å². The second kappa shape index (κ2) is 9.47. The van der Waals surface area contributed by atoms with E-state index in [1.165, 1.54) is 30.8 Å². The molecule has 4 heteroatoms. The Morgan fingerprint density at radius 2 is 2.08 bits per heavy atom. The van der Waals surface area contributed by atoms with E-state index in [4.69, 9.17) is 0 Å². The van der Waals surface area contributed by atoms with Crippen molar-refractivity contribution in [3.8, 4) is 0 Å². The number of nitrogens with zero attached hydrogens (tertiary/aromatic N) is 1. The van der Waals surface area contributed by atoms with E-state index in [1.54, 1.807) is 0 Å². The molecule has 1 heterocycles. The summed E-state index contributed by atoms with van der Waals surface area (Å²) in [6, 6.07) is 8.43. The number of carbonyl (C=O) groups is 1. The van der Waals surface area contributed by atoms with Crippen LogP contribution < -0.4 is 5.32 Å². The second-order valence-corrected chi connectivity index (χ2v) is 8.64. The maximum absolute atomic E-state index is 12.4.